The minimum Gasteiger partial charge on any atom is -0.496 e. The Hall–Kier alpha value is -1.59. The van der Waals surface area contributed by atoms with E-state index in [2.05, 4.69) is 0 Å². The molecule has 1 aromatic rings. The molecule has 1 unspecified atom stereocenters. The summed E-state index contributed by atoms with van der Waals surface area (Å²) in [6.07, 6.45) is 7.17. The summed E-state index contributed by atoms with van der Waals surface area (Å²) in [4.78, 5) is 13.3. The number of methoxy groups -OCH3 is 2. The Labute approximate surface area is 160 Å². The van der Waals surface area contributed by atoms with E-state index in [0.29, 0.717) is 30.1 Å². The molecule has 3 nitrogen and oxygen atoms in total. The SMILES string of the molecule is COCCCC1CCC(c2cc(F)ccc2OC)=CC(=O)CCCC1=S. The maximum Gasteiger partial charge on any atom is 0.155 e. The van der Waals surface area contributed by atoms with Gasteiger partial charge in [0.15, 0.2) is 5.78 Å². The lowest BCUT2D eigenvalue weighted by molar-refractivity contribution is -0.114. The number of allylic oxidation sites excluding steroid dienone is 2. The molecule has 0 aromatic heterocycles. The molecule has 0 saturated heterocycles. The van der Waals surface area contributed by atoms with Crippen molar-refractivity contribution in [1.29, 1.82) is 0 Å². The topological polar surface area (TPSA) is 35.5 Å². The second kappa shape index (κ2) is 10.5. The normalized spacial score (nSPS) is 19.2. The number of thiocarbonyl (C=S) groups is 1. The first-order valence-corrected chi connectivity index (χ1v) is 9.55. The Bertz CT molecular complexity index is 669. The second-order valence-electron chi connectivity index (χ2n) is 6.67. The van der Waals surface area contributed by atoms with E-state index >= 15 is 0 Å². The van der Waals surface area contributed by atoms with Crippen LogP contribution in [0.2, 0.25) is 0 Å². The van der Waals surface area contributed by atoms with E-state index in [-0.39, 0.29) is 11.6 Å². The van der Waals surface area contributed by atoms with Gasteiger partial charge in [-0.3, -0.25) is 4.79 Å². The molecule has 0 fully saturated rings. The highest BCUT2D eigenvalue weighted by Gasteiger charge is 2.19. The third kappa shape index (κ3) is 5.99. The minimum atomic E-state index is -0.335. The van der Waals surface area contributed by atoms with Gasteiger partial charge in [0.2, 0.25) is 0 Å². The average molecular weight is 379 g/mol. The van der Waals surface area contributed by atoms with E-state index in [1.165, 1.54) is 12.1 Å². The van der Waals surface area contributed by atoms with E-state index in [1.807, 2.05) is 0 Å². The Morgan fingerprint density at radius 3 is 2.77 bits per heavy atom. The number of ketones is 1. The first-order chi connectivity index (χ1) is 12.5. The fourth-order valence-electron chi connectivity index (χ4n) is 3.39. The van der Waals surface area contributed by atoms with Gasteiger partial charge in [-0.15, -0.1) is 0 Å². The second-order valence-corrected chi connectivity index (χ2v) is 7.20. The van der Waals surface area contributed by atoms with Crippen molar-refractivity contribution < 1.29 is 18.7 Å². The smallest absolute Gasteiger partial charge is 0.155 e. The summed E-state index contributed by atoms with van der Waals surface area (Å²) in [5.41, 5.74) is 1.48. The van der Waals surface area contributed by atoms with Crippen molar-refractivity contribution in [1.82, 2.24) is 0 Å². The number of hydrogen-bond donors (Lipinski definition) is 0. The van der Waals surface area contributed by atoms with Crippen LogP contribution in [0.4, 0.5) is 4.39 Å². The number of ether oxygens (including phenoxy) is 2. The van der Waals surface area contributed by atoms with Crippen LogP contribution in [0.15, 0.2) is 24.3 Å². The number of carbonyl (C=O) groups excluding carboxylic acids is 1. The molecule has 0 spiro atoms. The van der Waals surface area contributed by atoms with Crippen LogP contribution in [-0.2, 0) is 9.53 Å². The van der Waals surface area contributed by atoms with E-state index in [9.17, 15) is 9.18 Å². The molecule has 0 N–H and O–H groups in total. The molecule has 1 atom stereocenters. The predicted molar refractivity (Wildman–Crippen MR) is 106 cm³/mol. The average Bonchev–Trinajstić information content (AvgIpc) is 2.62. The van der Waals surface area contributed by atoms with Crippen molar-refractivity contribution in [3.8, 4) is 5.75 Å². The fourth-order valence-corrected chi connectivity index (χ4v) is 3.77. The molecule has 1 aliphatic rings. The van der Waals surface area contributed by atoms with Crippen molar-refractivity contribution >= 4 is 28.4 Å². The third-order valence-electron chi connectivity index (χ3n) is 4.81. The molecule has 0 aliphatic heterocycles. The van der Waals surface area contributed by atoms with Gasteiger partial charge in [-0.1, -0.05) is 12.2 Å². The van der Waals surface area contributed by atoms with Crippen molar-refractivity contribution in [3.63, 3.8) is 0 Å². The van der Waals surface area contributed by atoms with Crippen molar-refractivity contribution in [2.75, 3.05) is 20.8 Å². The maximum atomic E-state index is 13.8. The van der Waals surface area contributed by atoms with Crippen LogP contribution < -0.4 is 4.74 Å². The highest BCUT2D eigenvalue weighted by atomic mass is 32.1. The quantitative estimate of drug-likeness (QED) is 0.506. The van der Waals surface area contributed by atoms with Gasteiger partial charge in [0.05, 0.1) is 7.11 Å². The molecular weight excluding hydrogens is 351 g/mol. The summed E-state index contributed by atoms with van der Waals surface area (Å²) in [6, 6.07) is 4.42. The first-order valence-electron chi connectivity index (χ1n) is 9.14. The van der Waals surface area contributed by atoms with Gasteiger partial charge in [0, 0.05) is 25.7 Å². The summed E-state index contributed by atoms with van der Waals surface area (Å²) in [7, 11) is 3.26. The molecule has 0 bridgehead atoms. The zero-order valence-electron chi connectivity index (χ0n) is 15.6. The highest BCUT2D eigenvalue weighted by molar-refractivity contribution is 7.80. The molecule has 0 radical (unpaired) electrons. The van der Waals surface area contributed by atoms with E-state index in [4.69, 9.17) is 21.7 Å². The summed E-state index contributed by atoms with van der Waals surface area (Å²) in [5.74, 6) is 0.627. The molecule has 0 heterocycles. The molecule has 1 aliphatic carbocycles. The van der Waals surface area contributed by atoms with E-state index in [0.717, 1.165) is 49.1 Å². The lowest BCUT2D eigenvalue weighted by atomic mass is 9.86. The summed E-state index contributed by atoms with van der Waals surface area (Å²) in [5, 5.41) is 0. The Balaban J connectivity index is 2.27. The van der Waals surface area contributed by atoms with Gasteiger partial charge < -0.3 is 9.47 Å². The summed E-state index contributed by atoms with van der Waals surface area (Å²) in [6.45, 7) is 0.720. The predicted octanol–water partition coefficient (Wildman–Crippen LogP) is 5.16. The molecule has 26 heavy (non-hydrogen) atoms. The molecule has 1 aromatic carbocycles. The van der Waals surface area contributed by atoms with E-state index in [1.54, 1.807) is 26.4 Å². The van der Waals surface area contributed by atoms with Gasteiger partial charge in [-0.05, 0) is 79.2 Å². The molecule has 0 saturated carbocycles. The number of halogens is 1. The van der Waals surface area contributed by atoms with Crippen LogP contribution >= 0.6 is 12.2 Å². The molecule has 142 valence electrons. The van der Waals surface area contributed by atoms with Gasteiger partial charge in [0.1, 0.15) is 11.6 Å². The third-order valence-corrected chi connectivity index (χ3v) is 5.35. The van der Waals surface area contributed by atoms with Crippen LogP contribution in [0, 0.1) is 11.7 Å². The summed E-state index contributed by atoms with van der Waals surface area (Å²) >= 11 is 5.64. The lowest BCUT2D eigenvalue weighted by Gasteiger charge is -2.21. The lowest BCUT2D eigenvalue weighted by Crippen LogP contribution is -2.15. The van der Waals surface area contributed by atoms with Crippen LogP contribution in [0.5, 0.6) is 5.75 Å². The van der Waals surface area contributed by atoms with Crippen molar-refractivity contribution in [3.05, 3.63) is 35.7 Å². The van der Waals surface area contributed by atoms with Crippen LogP contribution in [-0.4, -0.2) is 31.5 Å². The van der Waals surface area contributed by atoms with Crippen LogP contribution in [0.3, 0.4) is 0 Å². The Kier molecular flexibility index (Phi) is 8.39. The number of benzene rings is 1. The minimum absolute atomic E-state index is 0.0620. The van der Waals surface area contributed by atoms with Gasteiger partial charge >= 0.3 is 0 Å². The molecule has 5 heteroatoms. The number of rotatable bonds is 6. The van der Waals surface area contributed by atoms with Gasteiger partial charge in [0.25, 0.3) is 0 Å². The maximum absolute atomic E-state index is 13.8. The van der Waals surface area contributed by atoms with E-state index < -0.39 is 0 Å². The molecule has 0 amide bonds. The highest BCUT2D eigenvalue weighted by Crippen LogP contribution is 2.33. The van der Waals surface area contributed by atoms with Crippen LogP contribution in [0.25, 0.3) is 5.57 Å². The van der Waals surface area contributed by atoms with Crippen LogP contribution in [0.1, 0.15) is 50.5 Å². The standard InChI is InChI=1S/C21H27FO3S/c1-24-12-4-5-15-8-9-16(13-18(23)6-3-7-21(15)26)19-14-17(22)10-11-20(19)25-2/h10-11,13-15H,3-9,12H2,1-2H3. The fraction of sp³-hybridized carbons (Fsp3) is 0.524. The Morgan fingerprint density at radius 1 is 1.23 bits per heavy atom. The van der Waals surface area contributed by atoms with Gasteiger partial charge in [-0.2, -0.15) is 0 Å². The molecular formula is C21H27FO3S. The van der Waals surface area contributed by atoms with Crippen molar-refractivity contribution in [2.24, 2.45) is 5.92 Å². The monoisotopic (exact) mass is 378 g/mol. The largest absolute Gasteiger partial charge is 0.496 e. The number of hydrogen-bond acceptors (Lipinski definition) is 4. The zero-order valence-corrected chi connectivity index (χ0v) is 16.4. The summed E-state index contributed by atoms with van der Waals surface area (Å²) < 4.78 is 24.3. The Morgan fingerprint density at radius 2 is 2.04 bits per heavy atom. The zero-order chi connectivity index (χ0) is 18.9. The first kappa shape index (κ1) is 20.7. The van der Waals surface area contributed by atoms with Gasteiger partial charge in [-0.25, -0.2) is 4.39 Å². The number of carbonyl (C=O) groups is 1. The molecule has 2 rings (SSSR count). The van der Waals surface area contributed by atoms with Crippen molar-refractivity contribution in [2.45, 2.75) is 44.9 Å².